The molecule has 0 atom stereocenters. The zero-order valence-electron chi connectivity index (χ0n) is 17.9. The van der Waals surface area contributed by atoms with Gasteiger partial charge in [0.15, 0.2) is 0 Å². The Kier molecular flexibility index (Phi) is 5.98. The van der Waals surface area contributed by atoms with Gasteiger partial charge in [0.2, 0.25) is 0 Å². The van der Waals surface area contributed by atoms with Crippen LogP contribution in [0.2, 0.25) is 0 Å². The molecule has 0 bridgehead atoms. The first kappa shape index (κ1) is 21.2. The summed E-state index contributed by atoms with van der Waals surface area (Å²) in [6, 6.07) is 14.2. The van der Waals surface area contributed by atoms with Gasteiger partial charge in [-0.2, -0.15) is 0 Å². The van der Waals surface area contributed by atoms with Crippen LogP contribution in [-0.2, 0) is 0 Å². The summed E-state index contributed by atoms with van der Waals surface area (Å²) >= 11 is 0. The van der Waals surface area contributed by atoms with Crippen molar-refractivity contribution in [1.82, 2.24) is 14.9 Å². The Labute approximate surface area is 185 Å². The SMILES string of the molecule is COc1ccc(-c2cc(N3CCN(C(=O)c4cccc([N+](=O)[O-])c4C)CC3)ncn2)cc1. The van der Waals surface area contributed by atoms with Crippen molar-refractivity contribution in [1.29, 1.82) is 0 Å². The zero-order valence-corrected chi connectivity index (χ0v) is 17.9. The van der Waals surface area contributed by atoms with Crippen LogP contribution in [-0.4, -0.2) is 59.0 Å². The van der Waals surface area contributed by atoms with Crippen molar-refractivity contribution in [3.05, 3.63) is 76.1 Å². The van der Waals surface area contributed by atoms with Crippen LogP contribution < -0.4 is 9.64 Å². The fourth-order valence-electron chi connectivity index (χ4n) is 3.80. The number of rotatable bonds is 5. The standard InChI is InChI=1S/C23H23N5O4/c1-16-19(4-3-5-21(16)28(30)31)23(29)27-12-10-26(11-13-27)22-14-20(24-15-25-22)17-6-8-18(32-2)9-7-17/h3-9,14-15H,10-13H2,1-2H3. The highest BCUT2D eigenvalue weighted by Gasteiger charge is 2.26. The molecule has 1 saturated heterocycles. The minimum atomic E-state index is -0.459. The number of piperazine rings is 1. The fourth-order valence-corrected chi connectivity index (χ4v) is 3.80. The molecule has 2 heterocycles. The van der Waals surface area contributed by atoms with Gasteiger partial charge in [-0.1, -0.05) is 6.07 Å². The molecule has 3 aromatic rings. The number of carbonyl (C=O) groups is 1. The minimum Gasteiger partial charge on any atom is -0.497 e. The van der Waals surface area contributed by atoms with Crippen molar-refractivity contribution in [2.45, 2.75) is 6.92 Å². The van der Waals surface area contributed by atoms with Crippen LogP contribution in [0.1, 0.15) is 15.9 Å². The van der Waals surface area contributed by atoms with E-state index in [1.54, 1.807) is 37.4 Å². The molecule has 9 nitrogen and oxygen atoms in total. The summed E-state index contributed by atoms with van der Waals surface area (Å²) in [5.41, 5.74) is 2.50. The van der Waals surface area contributed by atoms with Crippen molar-refractivity contribution in [2.24, 2.45) is 0 Å². The van der Waals surface area contributed by atoms with Gasteiger partial charge in [0.1, 0.15) is 17.9 Å². The fraction of sp³-hybridized carbons (Fsp3) is 0.261. The molecule has 32 heavy (non-hydrogen) atoms. The summed E-state index contributed by atoms with van der Waals surface area (Å²) in [5.74, 6) is 1.39. The van der Waals surface area contributed by atoms with Crippen molar-refractivity contribution in [3.8, 4) is 17.0 Å². The van der Waals surface area contributed by atoms with Gasteiger partial charge in [0.05, 0.1) is 17.7 Å². The summed E-state index contributed by atoms with van der Waals surface area (Å²) in [6.45, 7) is 3.84. The number of anilines is 1. The number of methoxy groups -OCH3 is 1. The molecular formula is C23H23N5O4. The lowest BCUT2D eigenvalue weighted by atomic mass is 10.1. The number of carbonyl (C=O) groups excluding carboxylic acids is 1. The third-order valence-corrected chi connectivity index (χ3v) is 5.66. The molecule has 0 spiro atoms. The molecule has 2 aromatic carbocycles. The Morgan fingerprint density at radius 3 is 2.44 bits per heavy atom. The van der Waals surface area contributed by atoms with Crippen molar-refractivity contribution in [3.63, 3.8) is 0 Å². The third kappa shape index (κ3) is 4.22. The van der Waals surface area contributed by atoms with E-state index in [4.69, 9.17) is 4.74 Å². The quantitative estimate of drug-likeness (QED) is 0.449. The second kappa shape index (κ2) is 9.01. The van der Waals surface area contributed by atoms with Gasteiger partial charge >= 0.3 is 0 Å². The highest BCUT2D eigenvalue weighted by molar-refractivity contribution is 5.96. The summed E-state index contributed by atoms with van der Waals surface area (Å²) in [5, 5.41) is 11.2. The predicted octanol–water partition coefficient (Wildman–Crippen LogP) is 3.33. The average Bonchev–Trinajstić information content (AvgIpc) is 2.84. The third-order valence-electron chi connectivity index (χ3n) is 5.66. The largest absolute Gasteiger partial charge is 0.497 e. The molecule has 0 unspecified atom stereocenters. The number of nitro groups is 1. The molecule has 9 heteroatoms. The van der Waals surface area contributed by atoms with Gasteiger partial charge in [0.25, 0.3) is 11.6 Å². The molecule has 1 aliphatic heterocycles. The number of hydrogen-bond acceptors (Lipinski definition) is 7. The predicted molar refractivity (Wildman–Crippen MR) is 120 cm³/mol. The normalized spacial score (nSPS) is 13.7. The lowest BCUT2D eigenvalue weighted by Gasteiger charge is -2.35. The molecule has 1 amide bonds. The number of amides is 1. The van der Waals surface area contributed by atoms with E-state index in [0.29, 0.717) is 37.3 Å². The average molecular weight is 433 g/mol. The van der Waals surface area contributed by atoms with Gasteiger partial charge in [-0.05, 0) is 37.3 Å². The maximum Gasteiger partial charge on any atom is 0.273 e. The first-order valence-corrected chi connectivity index (χ1v) is 10.2. The molecule has 0 saturated carbocycles. The second-order valence-corrected chi connectivity index (χ2v) is 7.48. The maximum atomic E-state index is 13.0. The molecule has 0 radical (unpaired) electrons. The zero-order chi connectivity index (χ0) is 22.7. The monoisotopic (exact) mass is 433 g/mol. The van der Waals surface area contributed by atoms with Gasteiger partial charge in [-0.3, -0.25) is 14.9 Å². The van der Waals surface area contributed by atoms with Crippen LogP contribution in [0, 0.1) is 17.0 Å². The number of nitro benzene ring substituents is 1. The van der Waals surface area contributed by atoms with E-state index < -0.39 is 4.92 Å². The summed E-state index contributed by atoms with van der Waals surface area (Å²) in [6.07, 6.45) is 1.54. The lowest BCUT2D eigenvalue weighted by Crippen LogP contribution is -2.49. The maximum absolute atomic E-state index is 13.0. The van der Waals surface area contributed by atoms with Crippen molar-refractivity contribution >= 4 is 17.4 Å². The van der Waals surface area contributed by atoms with Crippen molar-refractivity contribution < 1.29 is 14.5 Å². The Hall–Kier alpha value is -4.01. The van der Waals surface area contributed by atoms with Gasteiger partial charge in [0, 0.05) is 55.0 Å². The number of benzene rings is 2. The Bertz CT molecular complexity index is 1140. The number of ether oxygens (including phenoxy) is 1. The number of nitrogens with zero attached hydrogens (tertiary/aromatic N) is 5. The Balaban J connectivity index is 1.45. The lowest BCUT2D eigenvalue weighted by molar-refractivity contribution is -0.385. The van der Waals surface area contributed by atoms with Crippen LogP contribution in [0.5, 0.6) is 5.75 Å². The molecule has 1 aliphatic rings. The first-order valence-electron chi connectivity index (χ1n) is 10.2. The van der Waals surface area contributed by atoms with E-state index in [9.17, 15) is 14.9 Å². The van der Waals surface area contributed by atoms with Gasteiger partial charge in [-0.25, -0.2) is 9.97 Å². The highest BCUT2D eigenvalue weighted by atomic mass is 16.6. The van der Waals surface area contributed by atoms with E-state index in [1.807, 2.05) is 30.3 Å². The van der Waals surface area contributed by atoms with Crippen LogP contribution in [0.4, 0.5) is 11.5 Å². The van der Waals surface area contributed by atoms with Crippen LogP contribution >= 0.6 is 0 Å². The molecule has 0 aliphatic carbocycles. The van der Waals surface area contributed by atoms with Crippen LogP contribution in [0.25, 0.3) is 11.3 Å². The molecule has 1 aromatic heterocycles. The van der Waals surface area contributed by atoms with Crippen LogP contribution in [0.15, 0.2) is 54.9 Å². The topological polar surface area (TPSA) is 102 Å². The molecule has 1 fully saturated rings. The summed E-state index contributed by atoms with van der Waals surface area (Å²) in [7, 11) is 1.63. The first-order chi connectivity index (χ1) is 15.5. The number of hydrogen-bond donors (Lipinski definition) is 0. The second-order valence-electron chi connectivity index (χ2n) is 7.48. The number of aromatic nitrogens is 2. The summed E-state index contributed by atoms with van der Waals surface area (Å²) < 4.78 is 5.20. The van der Waals surface area contributed by atoms with Crippen LogP contribution in [0.3, 0.4) is 0 Å². The van der Waals surface area contributed by atoms with E-state index in [0.717, 1.165) is 22.8 Å². The molecule has 0 N–H and O–H groups in total. The molecule has 4 rings (SSSR count). The van der Waals surface area contributed by atoms with E-state index in [2.05, 4.69) is 14.9 Å². The molecular weight excluding hydrogens is 410 g/mol. The van der Waals surface area contributed by atoms with E-state index in [1.165, 1.54) is 6.07 Å². The summed E-state index contributed by atoms with van der Waals surface area (Å²) in [4.78, 5) is 36.3. The minimum absolute atomic E-state index is 0.0402. The van der Waals surface area contributed by atoms with E-state index in [-0.39, 0.29) is 11.6 Å². The van der Waals surface area contributed by atoms with Gasteiger partial charge in [-0.15, -0.1) is 0 Å². The molecule has 164 valence electrons. The van der Waals surface area contributed by atoms with Gasteiger partial charge < -0.3 is 14.5 Å². The Morgan fingerprint density at radius 1 is 1.06 bits per heavy atom. The van der Waals surface area contributed by atoms with Crippen molar-refractivity contribution in [2.75, 3.05) is 38.2 Å². The Morgan fingerprint density at radius 2 is 1.78 bits per heavy atom. The van der Waals surface area contributed by atoms with E-state index >= 15 is 0 Å². The smallest absolute Gasteiger partial charge is 0.273 e. The highest BCUT2D eigenvalue weighted by Crippen LogP contribution is 2.25.